The second-order valence-corrected chi connectivity index (χ2v) is 3.93. The standard InChI is InChI=1S/C14H14O5/c1-17-11-4-3-9(8-13(11)18-2)7-12-10(14(15)16)5-6-19-12/h3-6,8H,7H2,1-2H3,(H,15,16). The Balaban J connectivity index is 2.28. The van der Waals surface area contributed by atoms with E-state index >= 15 is 0 Å². The number of carbonyl (C=O) groups is 1. The van der Waals surface area contributed by atoms with Gasteiger partial charge in [-0.25, -0.2) is 4.79 Å². The quantitative estimate of drug-likeness (QED) is 0.896. The van der Waals surface area contributed by atoms with Gasteiger partial charge in [-0.15, -0.1) is 0 Å². The van der Waals surface area contributed by atoms with Gasteiger partial charge in [0, 0.05) is 6.42 Å². The summed E-state index contributed by atoms with van der Waals surface area (Å²) in [6.45, 7) is 0. The van der Waals surface area contributed by atoms with Crippen LogP contribution in [0, 0.1) is 0 Å². The van der Waals surface area contributed by atoms with Gasteiger partial charge in [0.05, 0.1) is 20.5 Å². The van der Waals surface area contributed by atoms with Gasteiger partial charge in [0.15, 0.2) is 11.5 Å². The molecule has 1 N–H and O–H groups in total. The molecule has 100 valence electrons. The largest absolute Gasteiger partial charge is 0.493 e. The molecule has 0 aliphatic rings. The molecule has 2 aromatic rings. The van der Waals surface area contributed by atoms with Crippen LogP contribution in [-0.2, 0) is 6.42 Å². The summed E-state index contributed by atoms with van der Waals surface area (Å²) in [7, 11) is 3.11. The van der Waals surface area contributed by atoms with E-state index in [0.29, 0.717) is 23.7 Å². The number of furan rings is 1. The zero-order chi connectivity index (χ0) is 13.8. The molecule has 0 saturated carbocycles. The fraction of sp³-hybridized carbons (Fsp3) is 0.214. The van der Waals surface area contributed by atoms with E-state index in [1.807, 2.05) is 6.07 Å². The van der Waals surface area contributed by atoms with Crippen molar-refractivity contribution in [1.82, 2.24) is 0 Å². The van der Waals surface area contributed by atoms with Crippen LogP contribution in [-0.4, -0.2) is 25.3 Å². The molecular weight excluding hydrogens is 248 g/mol. The second kappa shape index (κ2) is 5.48. The summed E-state index contributed by atoms with van der Waals surface area (Å²) in [5, 5.41) is 9.01. The maximum Gasteiger partial charge on any atom is 0.339 e. The molecule has 0 atom stereocenters. The number of aromatic carboxylic acids is 1. The summed E-state index contributed by atoms with van der Waals surface area (Å²) in [5.41, 5.74) is 1.06. The van der Waals surface area contributed by atoms with Gasteiger partial charge in [-0.2, -0.15) is 0 Å². The molecule has 0 amide bonds. The third-order valence-corrected chi connectivity index (χ3v) is 2.79. The molecule has 0 aliphatic carbocycles. The number of hydrogen-bond donors (Lipinski definition) is 1. The molecule has 1 aromatic heterocycles. The van der Waals surface area contributed by atoms with Crippen LogP contribution >= 0.6 is 0 Å². The number of rotatable bonds is 5. The van der Waals surface area contributed by atoms with Crippen molar-refractivity contribution in [2.24, 2.45) is 0 Å². The van der Waals surface area contributed by atoms with E-state index in [2.05, 4.69) is 0 Å². The van der Waals surface area contributed by atoms with E-state index in [-0.39, 0.29) is 5.56 Å². The minimum absolute atomic E-state index is 0.176. The van der Waals surface area contributed by atoms with E-state index in [1.54, 1.807) is 26.4 Å². The lowest BCUT2D eigenvalue weighted by molar-refractivity contribution is 0.0694. The zero-order valence-corrected chi connectivity index (χ0v) is 10.7. The zero-order valence-electron chi connectivity index (χ0n) is 10.7. The molecule has 5 nitrogen and oxygen atoms in total. The molecule has 5 heteroatoms. The average molecular weight is 262 g/mol. The first-order chi connectivity index (χ1) is 9.15. The van der Waals surface area contributed by atoms with Gasteiger partial charge in [0.2, 0.25) is 0 Å². The van der Waals surface area contributed by atoms with Crippen molar-refractivity contribution < 1.29 is 23.8 Å². The van der Waals surface area contributed by atoms with Crippen molar-refractivity contribution in [3.8, 4) is 11.5 Å². The molecule has 0 spiro atoms. The molecule has 0 fully saturated rings. The third-order valence-electron chi connectivity index (χ3n) is 2.79. The molecule has 2 rings (SSSR count). The van der Waals surface area contributed by atoms with Crippen LogP contribution in [0.5, 0.6) is 11.5 Å². The van der Waals surface area contributed by atoms with E-state index in [4.69, 9.17) is 19.0 Å². The highest BCUT2D eigenvalue weighted by molar-refractivity contribution is 5.88. The molecule has 0 unspecified atom stereocenters. The van der Waals surface area contributed by atoms with Crippen molar-refractivity contribution in [1.29, 1.82) is 0 Å². The van der Waals surface area contributed by atoms with Crippen molar-refractivity contribution in [2.45, 2.75) is 6.42 Å². The lowest BCUT2D eigenvalue weighted by Gasteiger charge is -2.09. The van der Waals surface area contributed by atoms with Gasteiger partial charge in [-0.05, 0) is 23.8 Å². The van der Waals surface area contributed by atoms with Gasteiger partial charge in [0.25, 0.3) is 0 Å². The minimum atomic E-state index is -0.996. The van der Waals surface area contributed by atoms with Crippen LogP contribution < -0.4 is 9.47 Å². The number of hydrogen-bond acceptors (Lipinski definition) is 4. The van der Waals surface area contributed by atoms with Crippen molar-refractivity contribution in [2.75, 3.05) is 14.2 Å². The van der Waals surface area contributed by atoms with Gasteiger partial charge in [0.1, 0.15) is 11.3 Å². The first kappa shape index (κ1) is 13.0. The lowest BCUT2D eigenvalue weighted by Crippen LogP contribution is -2.00. The van der Waals surface area contributed by atoms with Crippen LogP contribution in [0.2, 0.25) is 0 Å². The van der Waals surface area contributed by atoms with E-state index < -0.39 is 5.97 Å². The number of carboxylic acid groups (broad SMARTS) is 1. The Morgan fingerprint density at radius 3 is 2.58 bits per heavy atom. The molecule has 19 heavy (non-hydrogen) atoms. The monoisotopic (exact) mass is 262 g/mol. The van der Waals surface area contributed by atoms with E-state index in [0.717, 1.165) is 5.56 Å². The molecule has 0 aliphatic heterocycles. The highest BCUT2D eigenvalue weighted by atomic mass is 16.5. The maximum absolute atomic E-state index is 11.0. The smallest absolute Gasteiger partial charge is 0.339 e. The Morgan fingerprint density at radius 2 is 1.95 bits per heavy atom. The molecule has 0 bridgehead atoms. The molecular formula is C14H14O5. The number of carboxylic acids is 1. The van der Waals surface area contributed by atoms with Crippen LogP contribution in [0.25, 0.3) is 0 Å². The summed E-state index contributed by atoms with van der Waals surface area (Å²) >= 11 is 0. The Morgan fingerprint density at radius 1 is 1.21 bits per heavy atom. The van der Waals surface area contributed by atoms with Crippen LogP contribution in [0.3, 0.4) is 0 Å². The fourth-order valence-electron chi connectivity index (χ4n) is 1.84. The van der Waals surface area contributed by atoms with Crippen molar-refractivity contribution in [3.63, 3.8) is 0 Å². The highest BCUT2D eigenvalue weighted by Gasteiger charge is 2.14. The van der Waals surface area contributed by atoms with Crippen LogP contribution in [0.1, 0.15) is 21.7 Å². The molecule has 0 saturated heterocycles. The summed E-state index contributed by atoms with van der Waals surface area (Å²) in [6, 6.07) is 6.86. The van der Waals surface area contributed by atoms with Gasteiger partial charge in [-0.3, -0.25) is 0 Å². The number of benzene rings is 1. The maximum atomic E-state index is 11.0. The summed E-state index contributed by atoms with van der Waals surface area (Å²) in [6.07, 6.45) is 1.76. The van der Waals surface area contributed by atoms with E-state index in [1.165, 1.54) is 12.3 Å². The molecule has 1 aromatic carbocycles. The van der Waals surface area contributed by atoms with Crippen molar-refractivity contribution >= 4 is 5.97 Å². The predicted octanol–water partition coefficient (Wildman–Crippen LogP) is 2.59. The first-order valence-corrected chi connectivity index (χ1v) is 5.66. The Bertz CT molecular complexity index is 585. The topological polar surface area (TPSA) is 68.9 Å². The molecule has 0 radical (unpaired) electrons. The van der Waals surface area contributed by atoms with Gasteiger partial charge < -0.3 is 19.0 Å². The predicted molar refractivity (Wildman–Crippen MR) is 68.0 cm³/mol. The fourth-order valence-corrected chi connectivity index (χ4v) is 1.84. The van der Waals surface area contributed by atoms with Gasteiger partial charge in [-0.1, -0.05) is 6.07 Å². The second-order valence-electron chi connectivity index (χ2n) is 3.93. The Hall–Kier alpha value is -2.43. The Labute approximate surface area is 110 Å². The minimum Gasteiger partial charge on any atom is -0.493 e. The first-order valence-electron chi connectivity index (χ1n) is 5.66. The Kier molecular flexibility index (Phi) is 3.75. The van der Waals surface area contributed by atoms with E-state index in [9.17, 15) is 4.79 Å². The summed E-state index contributed by atoms with van der Waals surface area (Å²) < 4.78 is 15.6. The summed E-state index contributed by atoms with van der Waals surface area (Å²) in [4.78, 5) is 11.0. The number of methoxy groups -OCH3 is 2. The molecule has 1 heterocycles. The van der Waals surface area contributed by atoms with Gasteiger partial charge >= 0.3 is 5.97 Å². The SMILES string of the molecule is COc1ccc(Cc2occc2C(=O)O)cc1OC. The number of ether oxygens (including phenoxy) is 2. The van der Waals surface area contributed by atoms with Crippen LogP contribution in [0.4, 0.5) is 0 Å². The highest BCUT2D eigenvalue weighted by Crippen LogP contribution is 2.29. The lowest BCUT2D eigenvalue weighted by atomic mass is 10.1. The average Bonchev–Trinajstić information content (AvgIpc) is 2.87. The van der Waals surface area contributed by atoms with Crippen LogP contribution in [0.15, 0.2) is 34.9 Å². The normalized spacial score (nSPS) is 10.2. The third kappa shape index (κ3) is 2.70. The van der Waals surface area contributed by atoms with Crippen molar-refractivity contribution in [3.05, 3.63) is 47.4 Å². The summed E-state index contributed by atoms with van der Waals surface area (Å²) in [5.74, 6) is 0.650.